The lowest BCUT2D eigenvalue weighted by atomic mass is 10.2. The molecule has 0 fully saturated rings. The van der Waals surface area contributed by atoms with Crippen molar-refractivity contribution in [1.82, 2.24) is 10.0 Å². The number of hydrogen-bond acceptors (Lipinski definition) is 4. The normalized spacial score (nSPS) is 11.1. The molecule has 2 aromatic rings. The summed E-state index contributed by atoms with van der Waals surface area (Å²) in [5.41, 5.74) is 1.12. The van der Waals surface area contributed by atoms with E-state index in [1.165, 1.54) is 25.2 Å². The van der Waals surface area contributed by atoms with Gasteiger partial charge in [0.15, 0.2) is 0 Å². The lowest BCUT2D eigenvalue weighted by Crippen LogP contribution is -2.24. The Balaban J connectivity index is 2.19. The highest BCUT2D eigenvalue weighted by molar-refractivity contribution is 9.10. The summed E-state index contributed by atoms with van der Waals surface area (Å²) in [5.74, 6) is 0.322. The number of nitrogens with one attached hydrogen (secondary N) is 2. The number of rotatable bonds is 6. The number of ether oxygens (including phenoxy) is 1. The van der Waals surface area contributed by atoms with Crippen LogP contribution in [0.15, 0.2) is 51.8 Å². The molecule has 0 aromatic heterocycles. The van der Waals surface area contributed by atoms with E-state index in [0.29, 0.717) is 16.8 Å². The Morgan fingerprint density at radius 1 is 1.21 bits per heavy atom. The molecule has 2 rings (SSSR count). The van der Waals surface area contributed by atoms with Gasteiger partial charge in [-0.15, -0.1) is 0 Å². The summed E-state index contributed by atoms with van der Waals surface area (Å²) in [7, 11) is -0.723. The predicted molar refractivity (Wildman–Crippen MR) is 94.6 cm³/mol. The Morgan fingerprint density at radius 3 is 2.62 bits per heavy atom. The molecule has 6 nitrogen and oxygen atoms in total. The van der Waals surface area contributed by atoms with Crippen LogP contribution in [-0.4, -0.2) is 28.5 Å². The Morgan fingerprint density at radius 2 is 1.96 bits per heavy atom. The molecule has 0 aliphatic carbocycles. The molecule has 128 valence electrons. The van der Waals surface area contributed by atoms with Crippen LogP contribution in [0.3, 0.4) is 0 Å². The van der Waals surface area contributed by atoms with Gasteiger partial charge >= 0.3 is 0 Å². The first kappa shape index (κ1) is 18.4. The summed E-state index contributed by atoms with van der Waals surface area (Å²) in [6, 6.07) is 11.6. The van der Waals surface area contributed by atoms with E-state index >= 15 is 0 Å². The summed E-state index contributed by atoms with van der Waals surface area (Å²) in [5, 5.41) is 2.76. The van der Waals surface area contributed by atoms with Crippen molar-refractivity contribution in [1.29, 1.82) is 0 Å². The summed E-state index contributed by atoms with van der Waals surface area (Å²) in [4.78, 5) is 12.4. The molecular weight excluding hydrogens is 396 g/mol. The topological polar surface area (TPSA) is 84.5 Å². The first-order valence-corrected chi connectivity index (χ1v) is 9.29. The van der Waals surface area contributed by atoms with E-state index in [4.69, 9.17) is 4.74 Å². The second-order valence-electron chi connectivity index (χ2n) is 4.88. The van der Waals surface area contributed by atoms with Crippen LogP contribution >= 0.6 is 15.9 Å². The van der Waals surface area contributed by atoms with Gasteiger partial charge in [0.25, 0.3) is 5.91 Å². The van der Waals surface area contributed by atoms with Crippen molar-refractivity contribution < 1.29 is 17.9 Å². The van der Waals surface area contributed by atoms with Gasteiger partial charge in [-0.1, -0.05) is 12.1 Å². The van der Waals surface area contributed by atoms with Crippen molar-refractivity contribution in [2.24, 2.45) is 0 Å². The second kappa shape index (κ2) is 7.78. The van der Waals surface area contributed by atoms with Crippen LogP contribution in [-0.2, 0) is 16.6 Å². The highest BCUT2D eigenvalue weighted by atomic mass is 79.9. The highest BCUT2D eigenvalue weighted by Gasteiger charge is 2.17. The van der Waals surface area contributed by atoms with Gasteiger partial charge in [0.1, 0.15) is 5.75 Å². The smallest absolute Gasteiger partial charge is 0.252 e. The fourth-order valence-corrected chi connectivity index (χ4v) is 3.21. The van der Waals surface area contributed by atoms with E-state index in [1.54, 1.807) is 7.11 Å². The van der Waals surface area contributed by atoms with Gasteiger partial charge < -0.3 is 10.1 Å². The molecule has 24 heavy (non-hydrogen) atoms. The Bertz CT molecular complexity index is 853. The largest absolute Gasteiger partial charge is 0.497 e. The monoisotopic (exact) mass is 412 g/mol. The minimum Gasteiger partial charge on any atom is -0.497 e. The number of amides is 1. The van der Waals surface area contributed by atoms with Gasteiger partial charge in [0.05, 0.1) is 17.6 Å². The third-order valence-corrected chi connectivity index (χ3v) is 5.45. The molecule has 1 amide bonds. The molecule has 0 atom stereocenters. The van der Waals surface area contributed by atoms with E-state index in [1.807, 2.05) is 24.3 Å². The van der Waals surface area contributed by atoms with Crippen LogP contribution in [0.5, 0.6) is 5.75 Å². The van der Waals surface area contributed by atoms with Crippen LogP contribution in [0.2, 0.25) is 0 Å². The van der Waals surface area contributed by atoms with Crippen molar-refractivity contribution in [3.05, 3.63) is 58.1 Å². The molecule has 0 aliphatic heterocycles. The fraction of sp³-hybridized carbons (Fsp3) is 0.188. The van der Waals surface area contributed by atoms with Gasteiger partial charge in [-0.2, -0.15) is 0 Å². The molecule has 0 saturated carbocycles. The summed E-state index contributed by atoms with van der Waals surface area (Å²) >= 11 is 3.27. The molecule has 8 heteroatoms. The zero-order valence-corrected chi connectivity index (χ0v) is 15.6. The van der Waals surface area contributed by atoms with Crippen molar-refractivity contribution in [3.63, 3.8) is 0 Å². The first-order chi connectivity index (χ1) is 11.4. The molecule has 0 saturated heterocycles. The van der Waals surface area contributed by atoms with Crippen LogP contribution in [0.25, 0.3) is 0 Å². The van der Waals surface area contributed by atoms with E-state index in [-0.39, 0.29) is 16.4 Å². The number of halogens is 1. The standard InChI is InChI=1S/C16H17BrN2O4S/c1-18-24(21,22)13-6-7-15(17)14(9-13)16(20)19-10-11-4-3-5-12(8-11)23-2/h3-9,18H,10H2,1-2H3,(H,19,20). The fourth-order valence-electron chi connectivity index (χ4n) is 2.02. The van der Waals surface area contributed by atoms with Crippen LogP contribution in [0, 0.1) is 0 Å². The number of carbonyl (C=O) groups excluding carboxylic acids is 1. The maximum Gasteiger partial charge on any atom is 0.252 e. The number of benzene rings is 2. The van der Waals surface area contributed by atoms with E-state index in [2.05, 4.69) is 26.0 Å². The lowest BCUT2D eigenvalue weighted by Gasteiger charge is -2.10. The minimum absolute atomic E-state index is 0.0275. The van der Waals surface area contributed by atoms with Gasteiger partial charge in [-0.3, -0.25) is 4.79 Å². The molecule has 0 radical (unpaired) electrons. The van der Waals surface area contributed by atoms with Crippen molar-refractivity contribution in [3.8, 4) is 5.75 Å². The summed E-state index contributed by atoms with van der Waals surface area (Å²) < 4.78 is 31.6. The molecule has 2 N–H and O–H groups in total. The third-order valence-electron chi connectivity index (χ3n) is 3.35. The number of sulfonamides is 1. The van der Waals surface area contributed by atoms with E-state index < -0.39 is 10.0 Å². The van der Waals surface area contributed by atoms with Crippen LogP contribution in [0.1, 0.15) is 15.9 Å². The van der Waals surface area contributed by atoms with Crippen molar-refractivity contribution >= 4 is 31.9 Å². The molecule has 2 aromatic carbocycles. The van der Waals surface area contributed by atoms with Crippen molar-refractivity contribution in [2.75, 3.05) is 14.2 Å². The maximum atomic E-state index is 12.4. The van der Waals surface area contributed by atoms with Crippen LogP contribution in [0.4, 0.5) is 0 Å². The second-order valence-corrected chi connectivity index (χ2v) is 7.62. The average Bonchev–Trinajstić information content (AvgIpc) is 2.60. The summed E-state index contributed by atoms with van der Waals surface area (Å²) in [6.45, 7) is 0.297. The van der Waals surface area contributed by atoms with Gasteiger partial charge in [0.2, 0.25) is 10.0 Å². The maximum absolute atomic E-state index is 12.4. The van der Waals surface area contributed by atoms with E-state index in [0.717, 1.165) is 5.56 Å². The zero-order chi connectivity index (χ0) is 17.7. The minimum atomic E-state index is -3.61. The number of carbonyl (C=O) groups is 1. The molecule has 0 aliphatic rings. The Hall–Kier alpha value is -1.90. The summed E-state index contributed by atoms with van der Waals surface area (Å²) in [6.07, 6.45) is 0. The van der Waals surface area contributed by atoms with E-state index in [9.17, 15) is 13.2 Å². The number of methoxy groups -OCH3 is 1. The SMILES string of the molecule is CNS(=O)(=O)c1ccc(Br)c(C(=O)NCc2cccc(OC)c2)c1. The molecule has 0 spiro atoms. The molecule has 0 heterocycles. The van der Waals surface area contributed by atoms with Gasteiger partial charge in [-0.05, 0) is 58.9 Å². The average molecular weight is 413 g/mol. The Kier molecular flexibility index (Phi) is 5.98. The Labute approximate surface area is 149 Å². The predicted octanol–water partition coefficient (Wildman–Crippen LogP) is 2.30. The lowest BCUT2D eigenvalue weighted by molar-refractivity contribution is 0.0950. The van der Waals surface area contributed by atoms with Crippen molar-refractivity contribution in [2.45, 2.75) is 11.4 Å². The molecule has 0 bridgehead atoms. The first-order valence-electron chi connectivity index (χ1n) is 7.01. The van der Waals surface area contributed by atoms with Crippen LogP contribution < -0.4 is 14.8 Å². The quantitative estimate of drug-likeness (QED) is 0.761. The van der Waals surface area contributed by atoms with Gasteiger partial charge in [0, 0.05) is 11.0 Å². The molecule has 0 unspecified atom stereocenters. The third kappa shape index (κ3) is 4.34. The van der Waals surface area contributed by atoms with Gasteiger partial charge in [-0.25, -0.2) is 13.1 Å². The highest BCUT2D eigenvalue weighted by Crippen LogP contribution is 2.21. The number of hydrogen-bond donors (Lipinski definition) is 2. The molecular formula is C16H17BrN2O4S. The zero-order valence-electron chi connectivity index (χ0n) is 13.2.